The van der Waals surface area contributed by atoms with Gasteiger partial charge < -0.3 is 19.7 Å². The topological polar surface area (TPSA) is 88.2 Å². The summed E-state index contributed by atoms with van der Waals surface area (Å²) < 4.78 is 26.3. The van der Waals surface area contributed by atoms with Gasteiger partial charge in [-0.3, -0.25) is 14.5 Å². The predicted molar refractivity (Wildman–Crippen MR) is 109 cm³/mol. The van der Waals surface area contributed by atoms with Gasteiger partial charge in [-0.15, -0.1) is 0 Å². The summed E-state index contributed by atoms with van der Waals surface area (Å²) in [4.78, 5) is 39.1. The zero-order valence-corrected chi connectivity index (χ0v) is 17.2. The first kappa shape index (κ1) is 19.8. The fraction of sp³-hybridized carbons (Fsp3) is 0.500. The number of ether oxygens (including phenoxy) is 2. The molecule has 2 fully saturated rings. The standard InChI is InChI=1S/C22H24FN3O5/c1-12(27)24-10-20-18-11-30-19-8-15(16(23)9-17(19)26(18)22(29)31-20)13-4-6-25(7-5-13)21(28)14-2-3-14/h4,8-9,14,18,20H,2-3,5-7,10-11H2,1H3,(H,24,27)/t18-,20-/m0/s1. The lowest BCUT2D eigenvalue weighted by molar-refractivity contribution is -0.132. The maximum atomic E-state index is 15.1. The molecule has 1 aliphatic carbocycles. The minimum atomic E-state index is -0.580. The van der Waals surface area contributed by atoms with Crippen LogP contribution in [0.2, 0.25) is 0 Å². The van der Waals surface area contributed by atoms with Gasteiger partial charge in [-0.25, -0.2) is 9.18 Å². The summed E-state index contributed by atoms with van der Waals surface area (Å²) in [7, 11) is 0. The molecular formula is C22H24FN3O5. The van der Waals surface area contributed by atoms with E-state index in [4.69, 9.17) is 9.47 Å². The lowest BCUT2D eigenvalue weighted by Crippen LogP contribution is -2.47. The van der Waals surface area contributed by atoms with Crippen molar-refractivity contribution in [3.8, 4) is 5.75 Å². The summed E-state index contributed by atoms with van der Waals surface area (Å²) in [6.45, 7) is 2.80. The van der Waals surface area contributed by atoms with Crippen LogP contribution in [0.5, 0.6) is 5.75 Å². The van der Waals surface area contributed by atoms with Crippen LogP contribution in [0.25, 0.3) is 5.57 Å². The largest absolute Gasteiger partial charge is 0.489 e. The van der Waals surface area contributed by atoms with Crippen molar-refractivity contribution in [2.24, 2.45) is 5.92 Å². The zero-order valence-electron chi connectivity index (χ0n) is 17.2. The number of hydrogen-bond acceptors (Lipinski definition) is 5. The molecule has 0 bridgehead atoms. The van der Waals surface area contributed by atoms with Gasteiger partial charge in [-0.2, -0.15) is 0 Å². The molecule has 164 valence electrons. The number of halogens is 1. The number of fused-ring (bicyclic) bond motifs is 3. The van der Waals surface area contributed by atoms with Gasteiger partial charge in [0.2, 0.25) is 11.8 Å². The molecule has 1 saturated carbocycles. The van der Waals surface area contributed by atoms with E-state index in [1.54, 1.807) is 6.07 Å². The average Bonchev–Trinajstić information content (AvgIpc) is 3.55. The zero-order chi connectivity index (χ0) is 21.7. The van der Waals surface area contributed by atoms with Gasteiger partial charge >= 0.3 is 6.09 Å². The van der Waals surface area contributed by atoms with Crippen LogP contribution in [-0.2, 0) is 14.3 Å². The van der Waals surface area contributed by atoms with E-state index >= 15 is 4.39 Å². The van der Waals surface area contributed by atoms with Gasteiger partial charge in [-0.05, 0) is 30.9 Å². The van der Waals surface area contributed by atoms with Crippen LogP contribution in [0.1, 0.15) is 31.7 Å². The number of hydrogen-bond donors (Lipinski definition) is 1. The lowest BCUT2D eigenvalue weighted by atomic mass is 9.97. The maximum Gasteiger partial charge on any atom is 0.415 e. The molecule has 3 heterocycles. The van der Waals surface area contributed by atoms with Crippen molar-refractivity contribution < 1.29 is 28.2 Å². The summed E-state index contributed by atoms with van der Waals surface area (Å²) in [6.07, 6.45) is 3.25. The van der Waals surface area contributed by atoms with E-state index in [1.807, 2.05) is 11.0 Å². The first-order valence-corrected chi connectivity index (χ1v) is 10.6. The molecule has 0 unspecified atom stereocenters. The molecule has 4 aliphatic rings. The lowest BCUT2D eigenvalue weighted by Gasteiger charge is -2.32. The monoisotopic (exact) mass is 429 g/mol. The Hall–Kier alpha value is -3.10. The Morgan fingerprint density at radius 1 is 1.29 bits per heavy atom. The molecule has 8 nitrogen and oxygen atoms in total. The van der Waals surface area contributed by atoms with Gasteiger partial charge in [0.25, 0.3) is 0 Å². The Morgan fingerprint density at radius 2 is 2.10 bits per heavy atom. The molecule has 9 heteroatoms. The number of anilines is 1. The third kappa shape index (κ3) is 3.62. The second-order valence-electron chi connectivity index (χ2n) is 8.45. The molecule has 1 aromatic rings. The third-order valence-corrected chi connectivity index (χ3v) is 6.27. The van der Waals surface area contributed by atoms with Crippen LogP contribution in [0, 0.1) is 11.7 Å². The fourth-order valence-electron chi connectivity index (χ4n) is 4.42. The summed E-state index contributed by atoms with van der Waals surface area (Å²) in [5.41, 5.74) is 1.59. The van der Waals surface area contributed by atoms with Crippen molar-refractivity contribution >= 4 is 29.2 Å². The Morgan fingerprint density at radius 3 is 2.77 bits per heavy atom. The van der Waals surface area contributed by atoms with E-state index in [9.17, 15) is 14.4 Å². The molecule has 0 aromatic heterocycles. The maximum absolute atomic E-state index is 15.1. The highest BCUT2D eigenvalue weighted by atomic mass is 19.1. The molecule has 0 spiro atoms. The van der Waals surface area contributed by atoms with E-state index in [-0.39, 0.29) is 30.9 Å². The predicted octanol–water partition coefficient (Wildman–Crippen LogP) is 2.07. The van der Waals surface area contributed by atoms with E-state index < -0.39 is 24.1 Å². The normalized spacial score (nSPS) is 24.6. The molecule has 2 atom stereocenters. The van der Waals surface area contributed by atoms with E-state index in [2.05, 4.69) is 5.32 Å². The highest BCUT2D eigenvalue weighted by molar-refractivity contribution is 5.94. The SMILES string of the molecule is CC(=O)NC[C@@H]1OC(=O)N2c3cc(F)c(C4=CCN(C(=O)C5CC5)CC4)cc3OC[C@@H]12. The first-order chi connectivity index (χ1) is 14.9. The second kappa shape index (κ2) is 7.55. The number of nitrogens with zero attached hydrogens (tertiary/aromatic N) is 2. The number of benzene rings is 1. The van der Waals surface area contributed by atoms with Gasteiger partial charge in [-0.1, -0.05) is 6.08 Å². The van der Waals surface area contributed by atoms with Crippen molar-refractivity contribution in [3.05, 3.63) is 29.6 Å². The van der Waals surface area contributed by atoms with Gasteiger partial charge in [0.15, 0.2) is 0 Å². The van der Waals surface area contributed by atoms with Crippen molar-refractivity contribution in [2.45, 2.75) is 38.3 Å². The number of rotatable bonds is 4. The molecule has 1 N–H and O–H groups in total. The van der Waals surface area contributed by atoms with Crippen molar-refractivity contribution in [3.63, 3.8) is 0 Å². The Balaban J connectivity index is 1.36. The van der Waals surface area contributed by atoms with Crippen LogP contribution < -0.4 is 15.0 Å². The fourth-order valence-corrected chi connectivity index (χ4v) is 4.42. The van der Waals surface area contributed by atoms with Crippen molar-refractivity contribution in [2.75, 3.05) is 31.1 Å². The summed E-state index contributed by atoms with van der Waals surface area (Å²) in [5.74, 6) is 0.111. The van der Waals surface area contributed by atoms with Crippen LogP contribution in [0.15, 0.2) is 18.2 Å². The molecule has 3 aliphatic heterocycles. The van der Waals surface area contributed by atoms with E-state index in [1.165, 1.54) is 17.9 Å². The third-order valence-electron chi connectivity index (χ3n) is 6.27. The Bertz CT molecular complexity index is 990. The first-order valence-electron chi connectivity index (χ1n) is 10.6. The minimum absolute atomic E-state index is 0.171. The minimum Gasteiger partial charge on any atom is -0.489 e. The smallest absolute Gasteiger partial charge is 0.415 e. The summed E-state index contributed by atoms with van der Waals surface area (Å²) in [5, 5.41) is 2.64. The molecule has 1 aromatic carbocycles. The van der Waals surface area contributed by atoms with Gasteiger partial charge in [0, 0.05) is 37.6 Å². The van der Waals surface area contributed by atoms with Crippen molar-refractivity contribution in [1.29, 1.82) is 0 Å². The number of amides is 3. The number of carbonyl (C=O) groups excluding carboxylic acids is 3. The quantitative estimate of drug-likeness (QED) is 0.792. The van der Waals surface area contributed by atoms with E-state index in [0.29, 0.717) is 36.5 Å². The average molecular weight is 429 g/mol. The molecule has 1 saturated heterocycles. The Labute approximate surface area is 179 Å². The van der Waals surface area contributed by atoms with Crippen molar-refractivity contribution in [1.82, 2.24) is 10.2 Å². The molecule has 0 radical (unpaired) electrons. The molecule has 5 rings (SSSR count). The van der Waals surface area contributed by atoms with Gasteiger partial charge in [0.1, 0.15) is 30.3 Å². The van der Waals surface area contributed by atoms with Crippen LogP contribution in [0.3, 0.4) is 0 Å². The Kier molecular flexibility index (Phi) is 4.83. The van der Waals surface area contributed by atoms with Gasteiger partial charge in [0.05, 0.1) is 12.2 Å². The molecular weight excluding hydrogens is 405 g/mol. The number of nitrogens with one attached hydrogen (secondary N) is 1. The van der Waals surface area contributed by atoms with Crippen LogP contribution >= 0.6 is 0 Å². The van der Waals surface area contributed by atoms with E-state index in [0.717, 1.165) is 18.4 Å². The second-order valence-corrected chi connectivity index (χ2v) is 8.45. The highest BCUT2D eigenvalue weighted by Gasteiger charge is 2.47. The summed E-state index contributed by atoms with van der Waals surface area (Å²) in [6, 6.07) is 2.49. The molecule has 31 heavy (non-hydrogen) atoms. The highest BCUT2D eigenvalue weighted by Crippen LogP contribution is 2.42. The number of carbonyl (C=O) groups is 3. The number of cyclic esters (lactones) is 1. The summed E-state index contributed by atoms with van der Waals surface area (Å²) >= 11 is 0. The molecule has 3 amide bonds. The van der Waals surface area contributed by atoms with Crippen LogP contribution in [0.4, 0.5) is 14.9 Å². The van der Waals surface area contributed by atoms with Crippen LogP contribution in [-0.4, -0.2) is 61.2 Å².